The third-order valence-corrected chi connectivity index (χ3v) is 8.09. The summed E-state index contributed by atoms with van der Waals surface area (Å²) in [5.74, 6) is -0.327. The zero-order valence-electron chi connectivity index (χ0n) is 18.6. The van der Waals surface area contributed by atoms with E-state index in [9.17, 15) is 23.2 Å². The summed E-state index contributed by atoms with van der Waals surface area (Å²) in [6.07, 6.45) is -2.36. The van der Waals surface area contributed by atoms with Gasteiger partial charge in [0.15, 0.2) is 11.7 Å². The summed E-state index contributed by atoms with van der Waals surface area (Å²) in [5, 5.41) is 19.6. The van der Waals surface area contributed by atoms with Gasteiger partial charge in [-0.2, -0.15) is 23.5 Å². The Morgan fingerprint density at radius 2 is 2.09 bits per heavy atom. The molecule has 2 N–H and O–H groups in total. The number of hydrogen-bond acceptors (Lipinski definition) is 5. The van der Waals surface area contributed by atoms with E-state index in [1.54, 1.807) is 30.3 Å². The van der Waals surface area contributed by atoms with E-state index < -0.39 is 24.2 Å². The highest BCUT2D eigenvalue weighted by Gasteiger charge is 2.48. The highest BCUT2D eigenvalue weighted by Crippen LogP contribution is 2.46. The molecule has 35 heavy (non-hydrogen) atoms. The molecule has 0 saturated heterocycles. The Balaban J connectivity index is 1.49. The number of amides is 1. The number of halogens is 4. The number of benzene rings is 1. The minimum Gasteiger partial charge on any atom is -0.362 e. The summed E-state index contributed by atoms with van der Waals surface area (Å²) in [7, 11) is 0. The molecule has 6 nitrogen and oxygen atoms in total. The van der Waals surface area contributed by atoms with Crippen LogP contribution in [0.3, 0.4) is 0 Å². The first-order chi connectivity index (χ1) is 16.7. The van der Waals surface area contributed by atoms with Crippen LogP contribution in [0.5, 0.6) is 0 Å². The fourth-order valence-electron chi connectivity index (χ4n) is 4.76. The highest BCUT2D eigenvalue weighted by atomic mass is 35.5. The Hall–Kier alpha value is -3.03. The standard InChI is InChI=1S/C24H21ClF3N5OS/c1-12-7-8-14-15(11-29)23(35-17(14)9-12)31-22(34)20-19(25)21-30-16(13-5-3-2-4-6-13)10-18(24(26,27)28)33(21)32-20/h2-6,12,16,18,30H,7-10H2,1H3,(H,31,34)/t12-,16+,18-/m1/s1. The van der Waals surface area contributed by atoms with Gasteiger partial charge in [-0.3, -0.25) is 4.79 Å². The lowest BCUT2D eigenvalue weighted by molar-refractivity contribution is -0.173. The number of anilines is 2. The van der Waals surface area contributed by atoms with Gasteiger partial charge in [0, 0.05) is 11.3 Å². The molecule has 182 valence electrons. The normalized spacial score (nSPS) is 21.4. The van der Waals surface area contributed by atoms with E-state index in [1.165, 1.54) is 11.3 Å². The van der Waals surface area contributed by atoms with Crippen LogP contribution in [0.1, 0.15) is 63.9 Å². The largest absolute Gasteiger partial charge is 0.410 e. The average Bonchev–Trinajstić information content (AvgIpc) is 3.34. The maximum Gasteiger partial charge on any atom is 0.410 e. The molecule has 0 fully saturated rings. The van der Waals surface area contributed by atoms with Crippen molar-refractivity contribution in [3.05, 3.63) is 62.6 Å². The van der Waals surface area contributed by atoms with Gasteiger partial charge in [-0.05, 0) is 36.3 Å². The monoisotopic (exact) mass is 519 g/mol. The van der Waals surface area contributed by atoms with Crippen LogP contribution in [0, 0.1) is 17.2 Å². The van der Waals surface area contributed by atoms with Crippen molar-refractivity contribution in [2.24, 2.45) is 5.92 Å². The molecule has 2 aliphatic rings. The molecular formula is C24H21ClF3N5OS. The molecule has 1 aromatic carbocycles. The number of hydrogen-bond donors (Lipinski definition) is 2. The Morgan fingerprint density at radius 1 is 1.34 bits per heavy atom. The van der Waals surface area contributed by atoms with Crippen molar-refractivity contribution >= 4 is 39.7 Å². The zero-order valence-corrected chi connectivity index (χ0v) is 20.2. The number of nitriles is 1. The number of alkyl halides is 3. The van der Waals surface area contributed by atoms with Gasteiger partial charge in [0.1, 0.15) is 21.9 Å². The van der Waals surface area contributed by atoms with E-state index in [4.69, 9.17) is 11.6 Å². The molecule has 0 bridgehead atoms. The van der Waals surface area contributed by atoms with Crippen molar-refractivity contribution in [2.75, 3.05) is 10.6 Å². The fraction of sp³-hybridized carbons (Fsp3) is 0.375. The summed E-state index contributed by atoms with van der Waals surface area (Å²) in [6, 6.07) is 8.32. The molecule has 1 amide bonds. The molecule has 3 aromatic rings. The highest BCUT2D eigenvalue weighted by molar-refractivity contribution is 7.16. The maximum absolute atomic E-state index is 14.0. The molecule has 0 saturated carbocycles. The smallest absolute Gasteiger partial charge is 0.362 e. The fourth-order valence-corrected chi connectivity index (χ4v) is 6.38. The summed E-state index contributed by atoms with van der Waals surface area (Å²) < 4.78 is 42.7. The van der Waals surface area contributed by atoms with E-state index in [1.807, 2.05) is 0 Å². The van der Waals surface area contributed by atoms with Crippen LogP contribution in [-0.2, 0) is 12.8 Å². The van der Waals surface area contributed by atoms with E-state index in [0.29, 0.717) is 22.0 Å². The predicted octanol–water partition coefficient (Wildman–Crippen LogP) is 6.51. The van der Waals surface area contributed by atoms with Gasteiger partial charge < -0.3 is 10.6 Å². The quantitative estimate of drug-likeness (QED) is 0.413. The van der Waals surface area contributed by atoms with E-state index >= 15 is 0 Å². The summed E-state index contributed by atoms with van der Waals surface area (Å²) >= 11 is 7.76. The number of aromatic nitrogens is 2. The van der Waals surface area contributed by atoms with Crippen molar-refractivity contribution in [3.8, 4) is 6.07 Å². The van der Waals surface area contributed by atoms with Crippen molar-refractivity contribution < 1.29 is 18.0 Å². The predicted molar refractivity (Wildman–Crippen MR) is 128 cm³/mol. The second kappa shape index (κ2) is 8.88. The molecule has 0 radical (unpaired) electrons. The molecule has 3 heterocycles. The van der Waals surface area contributed by atoms with E-state index in [0.717, 1.165) is 34.4 Å². The summed E-state index contributed by atoms with van der Waals surface area (Å²) in [6.45, 7) is 2.13. The van der Waals surface area contributed by atoms with Gasteiger partial charge >= 0.3 is 6.18 Å². The number of nitrogens with zero attached hydrogens (tertiary/aromatic N) is 3. The van der Waals surface area contributed by atoms with Crippen molar-refractivity contribution in [3.63, 3.8) is 0 Å². The average molecular weight is 520 g/mol. The van der Waals surface area contributed by atoms with Crippen LogP contribution in [-0.4, -0.2) is 21.9 Å². The zero-order chi connectivity index (χ0) is 24.9. The molecule has 3 atom stereocenters. The Morgan fingerprint density at radius 3 is 2.77 bits per heavy atom. The minimum absolute atomic E-state index is 0.0564. The van der Waals surface area contributed by atoms with Crippen LogP contribution in [0.2, 0.25) is 5.02 Å². The van der Waals surface area contributed by atoms with Crippen molar-refractivity contribution in [1.82, 2.24) is 9.78 Å². The van der Waals surface area contributed by atoms with Crippen molar-refractivity contribution in [1.29, 1.82) is 5.26 Å². The number of carbonyl (C=O) groups is 1. The lowest BCUT2D eigenvalue weighted by Crippen LogP contribution is -2.35. The first kappa shape index (κ1) is 23.7. The van der Waals surface area contributed by atoms with Gasteiger partial charge in [0.2, 0.25) is 0 Å². The molecule has 5 rings (SSSR count). The van der Waals surface area contributed by atoms with Gasteiger partial charge in [-0.25, -0.2) is 4.68 Å². The van der Waals surface area contributed by atoms with Crippen LogP contribution in [0.4, 0.5) is 24.0 Å². The minimum atomic E-state index is -4.59. The topological polar surface area (TPSA) is 82.7 Å². The van der Waals surface area contributed by atoms with Gasteiger partial charge in [0.25, 0.3) is 5.91 Å². The Bertz CT molecular complexity index is 1330. The summed E-state index contributed by atoms with van der Waals surface area (Å²) in [4.78, 5) is 14.2. The lowest BCUT2D eigenvalue weighted by atomic mass is 9.89. The van der Waals surface area contributed by atoms with Crippen molar-refractivity contribution in [2.45, 2.75) is 50.9 Å². The number of fused-ring (bicyclic) bond motifs is 2. The molecular weight excluding hydrogens is 499 g/mol. The Kier molecular flexibility index (Phi) is 6.01. The van der Waals surface area contributed by atoms with E-state index in [2.05, 4.69) is 28.7 Å². The maximum atomic E-state index is 14.0. The summed E-state index contributed by atoms with van der Waals surface area (Å²) in [5.41, 5.74) is 1.69. The van der Waals surface area contributed by atoms with Crippen LogP contribution >= 0.6 is 22.9 Å². The molecule has 1 aliphatic carbocycles. The van der Waals surface area contributed by atoms with Gasteiger partial charge in [-0.15, -0.1) is 11.3 Å². The number of carbonyl (C=O) groups excluding carboxylic acids is 1. The number of rotatable bonds is 3. The first-order valence-corrected chi connectivity index (χ1v) is 12.4. The SMILES string of the molecule is C[C@@H]1CCc2c(sc(NC(=O)c3nn4c(c3Cl)N[C@H](c3ccccc3)C[C@@H]4C(F)(F)F)c2C#N)C1. The molecule has 1 aliphatic heterocycles. The Labute approximate surface area is 208 Å². The molecule has 0 unspecified atom stereocenters. The molecule has 2 aromatic heterocycles. The van der Waals surface area contributed by atoms with Gasteiger partial charge in [-0.1, -0.05) is 48.9 Å². The lowest BCUT2D eigenvalue weighted by Gasteiger charge is -2.33. The van der Waals surface area contributed by atoms with Crippen LogP contribution in [0.25, 0.3) is 0 Å². The number of nitrogens with one attached hydrogen (secondary N) is 2. The molecule has 0 spiro atoms. The van der Waals surface area contributed by atoms with Crippen LogP contribution < -0.4 is 10.6 Å². The van der Waals surface area contributed by atoms with Crippen LogP contribution in [0.15, 0.2) is 30.3 Å². The second-order valence-electron chi connectivity index (χ2n) is 8.98. The first-order valence-electron chi connectivity index (χ1n) is 11.2. The third-order valence-electron chi connectivity index (χ3n) is 6.56. The molecule has 11 heteroatoms. The number of thiophene rings is 1. The second-order valence-corrected chi connectivity index (χ2v) is 10.5. The van der Waals surface area contributed by atoms with Gasteiger partial charge in [0.05, 0.1) is 11.6 Å². The third kappa shape index (κ3) is 4.28. The van der Waals surface area contributed by atoms with E-state index in [-0.39, 0.29) is 23.0 Å².